The van der Waals surface area contributed by atoms with Crippen LogP contribution in [-0.2, 0) is 14.3 Å². The fourth-order valence-corrected chi connectivity index (χ4v) is 6.17. The summed E-state index contributed by atoms with van der Waals surface area (Å²) in [7, 11) is 1.69. The van der Waals surface area contributed by atoms with Crippen LogP contribution in [-0.4, -0.2) is 71.6 Å². The second kappa shape index (κ2) is 9.27. The highest BCUT2D eigenvalue weighted by molar-refractivity contribution is 6.32. The third-order valence-corrected chi connectivity index (χ3v) is 9.01. The van der Waals surface area contributed by atoms with Gasteiger partial charge in [0.25, 0.3) is 0 Å². The van der Waals surface area contributed by atoms with Gasteiger partial charge >= 0.3 is 0 Å². The Hall–Kier alpha value is -1.77. The minimum absolute atomic E-state index is 0.000101. The number of aliphatic hydroxyl groups is 1. The molecule has 7 nitrogen and oxygen atoms in total. The summed E-state index contributed by atoms with van der Waals surface area (Å²) in [6.07, 6.45) is 4.10. The zero-order valence-electron chi connectivity index (χ0n) is 21.0. The van der Waals surface area contributed by atoms with Gasteiger partial charge in [0.2, 0.25) is 5.91 Å². The smallest absolute Gasteiger partial charge is 0.229 e. The van der Waals surface area contributed by atoms with Crippen molar-refractivity contribution in [2.75, 3.05) is 38.7 Å². The van der Waals surface area contributed by atoms with Crippen LogP contribution in [0.5, 0.6) is 0 Å². The Bertz CT molecular complexity index is 1120. The Morgan fingerprint density at radius 1 is 1.29 bits per heavy atom. The van der Waals surface area contributed by atoms with Gasteiger partial charge in [-0.1, -0.05) is 11.6 Å². The van der Waals surface area contributed by atoms with E-state index in [1.165, 1.54) is 0 Å². The van der Waals surface area contributed by atoms with Crippen LogP contribution >= 0.6 is 11.6 Å². The highest BCUT2D eigenvalue weighted by Crippen LogP contribution is 2.48. The molecule has 3 aliphatic rings. The Labute approximate surface area is 212 Å². The number of ether oxygens (including phenoxy) is 2. The molecule has 0 spiro atoms. The molecule has 190 valence electrons. The van der Waals surface area contributed by atoms with E-state index in [-0.39, 0.29) is 28.9 Å². The molecule has 5 rings (SSSR count). The molecule has 0 unspecified atom stereocenters. The van der Waals surface area contributed by atoms with Gasteiger partial charge in [-0.3, -0.25) is 9.69 Å². The quantitative estimate of drug-likeness (QED) is 0.616. The van der Waals surface area contributed by atoms with Gasteiger partial charge in [-0.05, 0) is 94.1 Å². The van der Waals surface area contributed by atoms with Crippen molar-refractivity contribution in [1.82, 2.24) is 9.88 Å². The first-order chi connectivity index (χ1) is 16.6. The fourth-order valence-electron chi connectivity index (χ4n) is 5.84. The molecule has 0 bridgehead atoms. The number of amides is 1. The molecule has 1 saturated carbocycles. The second-order valence-electron chi connectivity index (χ2n) is 11.2. The van der Waals surface area contributed by atoms with E-state index in [2.05, 4.69) is 28.2 Å². The van der Waals surface area contributed by atoms with Crippen molar-refractivity contribution >= 4 is 34.1 Å². The van der Waals surface area contributed by atoms with Crippen LogP contribution in [0.1, 0.15) is 51.5 Å². The molecule has 2 aliphatic heterocycles. The number of fused-ring (bicyclic) bond motifs is 1. The van der Waals surface area contributed by atoms with Gasteiger partial charge in [0.1, 0.15) is 5.82 Å². The third kappa shape index (κ3) is 4.69. The summed E-state index contributed by atoms with van der Waals surface area (Å²) in [5.74, 6) is 1.10. The minimum atomic E-state index is -0.448. The number of halogens is 1. The molecule has 1 aromatic carbocycles. The van der Waals surface area contributed by atoms with Crippen molar-refractivity contribution in [3.8, 4) is 0 Å². The standard InChI is InChI=1S/C27H36ClN3O4/c1-26(2,34-4)21-12-20(21)25(33)30-24-11-17-9-19(22(28)10-18(17)13-29-24)16-5-7-31(8-6-16)27(3)15-35-14-23(27)32/h9-11,13,16,20-21,23,32H,5-8,12,14-15H2,1-4H3,(H,29,30,33)/t20-,21-,23+,27-/m0/s1. The summed E-state index contributed by atoms with van der Waals surface area (Å²) in [5, 5.41) is 16.1. The molecule has 3 heterocycles. The maximum Gasteiger partial charge on any atom is 0.229 e. The van der Waals surface area contributed by atoms with Crippen molar-refractivity contribution < 1.29 is 19.4 Å². The van der Waals surface area contributed by atoms with E-state index in [0.717, 1.165) is 53.7 Å². The number of anilines is 1. The SMILES string of the molecule is COC(C)(C)[C@H]1C[C@@H]1C(=O)Nc1cc2cc(C3CCN([C@@]4(C)COC[C@H]4O)CC3)c(Cl)cc2cn1. The van der Waals surface area contributed by atoms with Crippen LogP contribution in [0.4, 0.5) is 5.82 Å². The number of hydrogen-bond acceptors (Lipinski definition) is 6. The topological polar surface area (TPSA) is 83.9 Å². The number of aromatic nitrogens is 1. The van der Waals surface area contributed by atoms with E-state index < -0.39 is 6.10 Å². The van der Waals surface area contributed by atoms with Gasteiger partial charge in [-0.2, -0.15) is 0 Å². The first-order valence-corrected chi connectivity index (χ1v) is 13.0. The first-order valence-electron chi connectivity index (χ1n) is 12.6. The maximum absolute atomic E-state index is 12.8. The predicted octanol–water partition coefficient (Wildman–Crippen LogP) is 4.22. The van der Waals surface area contributed by atoms with Crippen LogP contribution in [0.25, 0.3) is 10.8 Å². The summed E-state index contributed by atoms with van der Waals surface area (Å²) in [4.78, 5) is 19.6. The number of carbonyl (C=O) groups excluding carboxylic acids is 1. The Morgan fingerprint density at radius 3 is 2.69 bits per heavy atom. The lowest BCUT2D eigenvalue weighted by atomic mass is 9.85. The van der Waals surface area contributed by atoms with Crippen molar-refractivity contribution in [2.45, 2.75) is 63.2 Å². The summed E-state index contributed by atoms with van der Waals surface area (Å²) in [6.45, 7) is 8.92. The summed E-state index contributed by atoms with van der Waals surface area (Å²) in [5.41, 5.74) is 0.524. The second-order valence-corrected chi connectivity index (χ2v) is 11.6. The van der Waals surface area contributed by atoms with Gasteiger partial charge in [-0.25, -0.2) is 4.98 Å². The number of methoxy groups -OCH3 is 1. The number of piperidine rings is 1. The van der Waals surface area contributed by atoms with E-state index in [4.69, 9.17) is 21.1 Å². The molecule has 8 heteroatoms. The highest BCUT2D eigenvalue weighted by Gasteiger charge is 2.52. The predicted molar refractivity (Wildman–Crippen MR) is 137 cm³/mol. The normalized spacial score (nSPS) is 30.1. The van der Waals surface area contributed by atoms with Crippen molar-refractivity contribution in [1.29, 1.82) is 0 Å². The zero-order chi connectivity index (χ0) is 25.0. The molecule has 35 heavy (non-hydrogen) atoms. The Balaban J connectivity index is 1.28. The lowest BCUT2D eigenvalue weighted by Gasteiger charge is -2.43. The molecule has 4 atom stereocenters. The average molecular weight is 502 g/mol. The number of benzene rings is 1. The van der Waals surface area contributed by atoms with E-state index >= 15 is 0 Å². The number of nitrogens with zero attached hydrogens (tertiary/aromatic N) is 2. The lowest BCUT2D eigenvalue weighted by molar-refractivity contribution is -0.118. The maximum atomic E-state index is 12.8. The third-order valence-electron chi connectivity index (χ3n) is 8.68. The van der Waals surface area contributed by atoms with Crippen molar-refractivity contribution in [2.24, 2.45) is 11.8 Å². The zero-order valence-corrected chi connectivity index (χ0v) is 21.8. The first kappa shape index (κ1) is 24.9. The summed E-state index contributed by atoms with van der Waals surface area (Å²) < 4.78 is 11.1. The minimum Gasteiger partial charge on any atom is -0.389 e. The van der Waals surface area contributed by atoms with Crippen LogP contribution in [0.15, 0.2) is 24.4 Å². The molecule has 2 N–H and O–H groups in total. The number of rotatable bonds is 6. The molecule has 1 amide bonds. The number of likely N-dealkylation sites (tertiary alicyclic amines) is 1. The van der Waals surface area contributed by atoms with Gasteiger partial charge in [0.05, 0.1) is 30.5 Å². The number of aliphatic hydroxyl groups excluding tert-OH is 1. The molecular weight excluding hydrogens is 466 g/mol. The summed E-state index contributed by atoms with van der Waals surface area (Å²) in [6, 6.07) is 6.07. The molecule has 2 saturated heterocycles. The molecule has 0 radical (unpaired) electrons. The average Bonchev–Trinajstić information content (AvgIpc) is 3.59. The Morgan fingerprint density at radius 2 is 2.03 bits per heavy atom. The van der Waals surface area contributed by atoms with Gasteiger partial charge in [0, 0.05) is 29.6 Å². The van der Waals surface area contributed by atoms with Crippen molar-refractivity contribution in [3.63, 3.8) is 0 Å². The number of nitrogens with one attached hydrogen (secondary N) is 1. The summed E-state index contributed by atoms with van der Waals surface area (Å²) >= 11 is 6.71. The van der Waals surface area contributed by atoms with Crippen LogP contribution < -0.4 is 5.32 Å². The molecule has 2 aromatic rings. The van der Waals surface area contributed by atoms with Crippen LogP contribution in [0.2, 0.25) is 5.02 Å². The largest absolute Gasteiger partial charge is 0.389 e. The lowest BCUT2D eigenvalue weighted by Crippen LogP contribution is -2.56. The fraction of sp³-hybridized carbons (Fsp3) is 0.630. The molecule has 1 aliphatic carbocycles. The number of hydrogen-bond donors (Lipinski definition) is 2. The Kier molecular flexibility index (Phi) is 6.60. The van der Waals surface area contributed by atoms with Crippen LogP contribution in [0.3, 0.4) is 0 Å². The van der Waals surface area contributed by atoms with E-state index in [9.17, 15) is 9.90 Å². The van der Waals surface area contributed by atoms with Crippen molar-refractivity contribution in [3.05, 3.63) is 35.0 Å². The van der Waals surface area contributed by atoms with Crippen LogP contribution in [0, 0.1) is 11.8 Å². The van der Waals surface area contributed by atoms with Gasteiger partial charge < -0.3 is 19.9 Å². The molecular formula is C27H36ClN3O4. The number of carbonyl (C=O) groups is 1. The molecule has 1 aromatic heterocycles. The monoisotopic (exact) mass is 501 g/mol. The van der Waals surface area contributed by atoms with E-state index in [0.29, 0.717) is 24.9 Å². The molecule has 3 fully saturated rings. The number of pyridine rings is 1. The van der Waals surface area contributed by atoms with E-state index in [1.807, 2.05) is 26.0 Å². The van der Waals surface area contributed by atoms with E-state index in [1.54, 1.807) is 13.3 Å². The van der Waals surface area contributed by atoms with Gasteiger partial charge in [-0.15, -0.1) is 0 Å². The highest BCUT2D eigenvalue weighted by atomic mass is 35.5. The van der Waals surface area contributed by atoms with Gasteiger partial charge in [0.15, 0.2) is 0 Å².